The van der Waals surface area contributed by atoms with Crippen LogP contribution in [0, 0.1) is 23.7 Å². The Morgan fingerprint density at radius 1 is 1.21 bits per heavy atom. The number of carbonyl (C=O) groups is 1. The van der Waals surface area contributed by atoms with Gasteiger partial charge in [-0.1, -0.05) is 0 Å². The number of aliphatic hydroxyl groups is 1. The number of unbranched alkanes of at least 4 members (excludes halogenated alkanes) is 1. The summed E-state index contributed by atoms with van der Waals surface area (Å²) in [7, 11) is 0. The van der Waals surface area contributed by atoms with Crippen LogP contribution in [0.2, 0.25) is 0 Å². The van der Waals surface area contributed by atoms with Crippen molar-refractivity contribution in [1.82, 2.24) is 0 Å². The summed E-state index contributed by atoms with van der Waals surface area (Å²) in [5.74, 6) is 2.94. The van der Waals surface area contributed by atoms with Gasteiger partial charge in [0.05, 0.1) is 0 Å². The molecule has 1 N–H and O–H groups in total. The SMILES string of the molecule is O=CCCCC1C2CCC(C2)C1CO. The molecule has 0 heterocycles. The van der Waals surface area contributed by atoms with Gasteiger partial charge in [0.25, 0.3) is 0 Å². The van der Waals surface area contributed by atoms with Gasteiger partial charge in [0.2, 0.25) is 0 Å². The Labute approximate surface area is 85.7 Å². The topological polar surface area (TPSA) is 37.3 Å². The molecule has 2 heteroatoms. The van der Waals surface area contributed by atoms with Gasteiger partial charge in [0.1, 0.15) is 6.29 Å². The van der Waals surface area contributed by atoms with Gasteiger partial charge in [0.15, 0.2) is 0 Å². The van der Waals surface area contributed by atoms with Crippen molar-refractivity contribution < 1.29 is 9.90 Å². The van der Waals surface area contributed by atoms with Crippen molar-refractivity contribution in [3.63, 3.8) is 0 Å². The predicted octanol–water partition coefficient (Wildman–Crippen LogP) is 2.01. The van der Waals surface area contributed by atoms with E-state index in [1.807, 2.05) is 0 Å². The minimum atomic E-state index is 0.368. The lowest BCUT2D eigenvalue weighted by Crippen LogP contribution is -2.25. The average molecular weight is 196 g/mol. The number of hydrogen-bond acceptors (Lipinski definition) is 2. The molecule has 0 amide bonds. The summed E-state index contributed by atoms with van der Waals surface area (Å²) < 4.78 is 0. The molecule has 0 aromatic heterocycles. The van der Waals surface area contributed by atoms with Crippen molar-refractivity contribution in [3.05, 3.63) is 0 Å². The second kappa shape index (κ2) is 4.43. The van der Waals surface area contributed by atoms with Crippen LogP contribution in [-0.4, -0.2) is 18.0 Å². The number of rotatable bonds is 5. The van der Waals surface area contributed by atoms with E-state index in [0.29, 0.717) is 18.9 Å². The first-order chi connectivity index (χ1) is 6.86. The van der Waals surface area contributed by atoms with Crippen LogP contribution in [-0.2, 0) is 4.79 Å². The molecule has 0 saturated heterocycles. The van der Waals surface area contributed by atoms with E-state index in [0.717, 1.165) is 36.9 Å². The molecule has 2 bridgehead atoms. The highest BCUT2D eigenvalue weighted by atomic mass is 16.3. The maximum absolute atomic E-state index is 10.2. The predicted molar refractivity (Wildman–Crippen MR) is 54.8 cm³/mol. The molecule has 2 aliphatic carbocycles. The average Bonchev–Trinajstić information content (AvgIpc) is 2.78. The fourth-order valence-electron chi connectivity index (χ4n) is 3.70. The molecule has 2 rings (SSSR count). The summed E-state index contributed by atoms with van der Waals surface area (Å²) in [5.41, 5.74) is 0. The van der Waals surface area contributed by atoms with Crippen LogP contribution in [0.4, 0.5) is 0 Å². The third-order valence-corrected chi connectivity index (χ3v) is 4.34. The second-order valence-electron chi connectivity index (χ2n) is 4.94. The Hall–Kier alpha value is -0.370. The standard InChI is InChI=1S/C12H20O2/c13-6-2-1-3-11-9-4-5-10(7-9)12(11)8-14/h6,9-12,14H,1-5,7-8H2. The summed E-state index contributed by atoms with van der Waals surface area (Å²) in [5, 5.41) is 9.35. The lowest BCUT2D eigenvalue weighted by atomic mass is 9.77. The number of aliphatic hydroxyl groups excluding tert-OH is 1. The van der Waals surface area contributed by atoms with Crippen LogP contribution in [0.1, 0.15) is 38.5 Å². The highest BCUT2D eigenvalue weighted by Crippen LogP contribution is 2.53. The van der Waals surface area contributed by atoms with E-state index in [2.05, 4.69) is 0 Å². The zero-order chi connectivity index (χ0) is 9.97. The fourth-order valence-corrected chi connectivity index (χ4v) is 3.70. The second-order valence-corrected chi connectivity index (χ2v) is 4.94. The molecule has 2 fully saturated rings. The van der Waals surface area contributed by atoms with E-state index in [1.165, 1.54) is 19.3 Å². The third kappa shape index (κ3) is 1.72. The Bertz CT molecular complexity index is 202. The Balaban J connectivity index is 1.86. The van der Waals surface area contributed by atoms with Crippen molar-refractivity contribution in [3.8, 4) is 0 Å². The smallest absolute Gasteiger partial charge is 0.119 e. The maximum atomic E-state index is 10.2. The van der Waals surface area contributed by atoms with Crippen LogP contribution < -0.4 is 0 Å². The van der Waals surface area contributed by atoms with E-state index in [-0.39, 0.29) is 0 Å². The van der Waals surface area contributed by atoms with E-state index < -0.39 is 0 Å². The number of hydrogen-bond donors (Lipinski definition) is 1. The normalized spacial score (nSPS) is 40.4. The Morgan fingerprint density at radius 3 is 2.57 bits per heavy atom. The number of aldehydes is 1. The molecule has 2 nitrogen and oxygen atoms in total. The monoisotopic (exact) mass is 196 g/mol. The van der Waals surface area contributed by atoms with Gasteiger partial charge in [0, 0.05) is 13.0 Å². The highest BCUT2D eigenvalue weighted by Gasteiger charge is 2.46. The fraction of sp³-hybridized carbons (Fsp3) is 0.917. The Morgan fingerprint density at radius 2 is 1.93 bits per heavy atom. The van der Waals surface area contributed by atoms with Crippen LogP contribution in [0.15, 0.2) is 0 Å². The molecule has 2 aliphatic rings. The van der Waals surface area contributed by atoms with E-state index in [4.69, 9.17) is 0 Å². The molecule has 0 aliphatic heterocycles. The van der Waals surface area contributed by atoms with Gasteiger partial charge in [-0.3, -0.25) is 0 Å². The summed E-state index contributed by atoms with van der Waals surface area (Å²) in [6.45, 7) is 0.368. The summed E-state index contributed by atoms with van der Waals surface area (Å²) in [6, 6.07) is 0. The molecule has 0 aromatic carbocycles. The van der Waals surface area contributed by atoms with Crippen molar-refractivity contribution in [2.45, 2.75) is 38.5 Å². The zero-order valence-electron chi connectivity index (χ0n) is 8.69. The molecule has 4 unspecified atom stereocenters. The molecule has 0 radical (unpaired) electrons. The highest BCUT2D eigenvalue weighted by molar-refractivity contribution is 5.48. The summed E-state index contributed by atoms with van der Waals surface area (Å²) >= 11 is 0. The molecule has 0 aromatic rings. The van der Waals surface area contributed by atoms with E-state index in [1.54, 1.807) is 0 Å². The van der Waals surface area contributed by atoms with Crippen LogP contribution in [0.3, 0.4) is 0 Å². The molecular formula is C12H20O2. The first kappa shape index (κ1) is 10.2. The number of carbonyl (C=O) groups excluding carboxylic acids is 1. The third-order valence-electron chi connectivity index (χ3n) is 4.34. The molecule has 0 spiro atoms. The molecule has 80 valence electrons. The zero-order valence-corrected chi connectivity index (χ0v) is 8.69. The van der Waals surface area contributed by atoms with Gasteiger partial charge in [-0.15, -0.1) is 0 Å². The lowest BCUT2D eigenvalue weighted by molar-refractivity contribution is -0.108. The van der Waals surface area contributed by atoms with Crippen LogP contribution in [0.25, 0.3) is 0 Å². The first-order valence-corrected chi connectivity index (χ1v) is 5.91. The van der Waals surface area contributed by atoms with Gasteiger partial charge < -0.3 is 9.90 Å². The first-order valence-electron chi connectivity index (χ1n) is 5.91. The summed E-state index contributed by atoms with van der Waals surface area (Å²) in [4.78, 5) is 10.2. The minimum absolute atomic E-state index is 0.368. The summed E-state index contributed by atoms with van der Waals surface area (Å²) in [6.07, 6.45) is 7.94. The molecule has 14 heavy (non-hydrogen) atoms. The van der Waals surface area contributed by atoms with Gasteiger partial charge in [-0.05, 0) is 55.8 Å². The van der Waals surface area contributed by atoms with Crippen LogP contribution >= 0.6 is 0 Å². The molecule has 2 saturated carbocycles. The van der Waals surface area contributed by atoms with Crippen molar-refractivity contribution in [1.29, 1.82) is 0 Å². The van der Waals surface area contributed by atoms with Gasteiger partial charge in [-0.25, -0.2) is 0 Å². The van der Waals surface area contributed by atoms with Gasteiger partial charge in [-0.2, -0.15) is 0 Å². The maximum Gasteiger partial charge on any atom is 0.119 e. The number of fused-ring (bicyclic) bond motifs is 2. The Kier molecular flexibility index (Phi) is 3.22. The van der Waals surface area contributed by atoms with Crippen molar-refractivity contribution in [2.75, 3.05) is 6.61 Å². The largest absolute Gasteiger partial charge is 0.396 e. The van der Waals surface area contributed by atoms with Crippen molar-refractivity contribution >= 4 is 6.29 Å². The van der Waals surface area contributed by atoms with E-state index in [9.17, 15) is 9.90 Å². The van der Waals surface area contributed by atoms with Gasteiger partial charge >= 0.3 is 0 Å². The minimum Gasteiger partial charge on any atom is -0.396 e. The van der Waals surface area contributed by atoms with Crippen molar-refractivity contribution in [2.24, 2.45) is 23.7 Å². The van der Waals surface area contributed by atoms with Crippen LogP contribution in [0.5, 0.6) is 0 Å². The quantitative estimate of drug-likeness (QED) is 0.539. The molecule has 4 atom stereocenters. The molecular weight excluding hydrogens is 176 g/mol. The van der Waals surface area contributed by atoms with E-state index >= 15 is 0 Å². The lowest BCUT2D eigenvalue weighted by Gasteiger charge is -2.29.